The van der Waals surface area contributed by atoms with Crippen LogP contribution < -0.4 is 0 Å². The van der Waals surface area contributed by atoms with Crippen molar-refractivity contribution >= 4 is 21.7 Å². The molecule has 0 bridgehead atoms. The number of aryl methyl sites for hydroxylation is 1. The highest BCUT2D eigenvalue weighted by Crippen LogP contribution is 2.27. The van der Waals surface area contributed by atoms with Crippen molar-refractivity contribution in [3.8, 4) is 0 Å². The summed E-state index contributed by atoms with van der Waals surface area (Å²) < 4.78 is 0.949. The second kappa shape index (κ2) is 3.02. The number of rotatable bonds is 0. The van der Waals surface area contributed by atoms with Crippen LogP contribution in [-0.2, 0) is 6.42 Å². The Hall–Kier alpha value is -0.630. The van der Waals surface area contributed by atoms with E-state index in [-0.39, 0.29) is 5.78 Å². The second-order valence-electron chi connectivity index (χ2n) is 3.05. The molecule has 12 heavy (non-hydrogen) atoms. The maximum absolute atomic E-state index is 11.5. The molecule has 0 amide bonds. The first-order valence-corrected chi connectivity index (χ1v) is 4.89. The first-order valence-electron chi connectivity index (χ1n) is 4.09. The molecule has 1 aromatic carbocycles. The van der Waals surface area contributed by atoms with Gasteiger partial charge < -0.3 is 0 Å². The summed E-state index contributed by atoms with van der Waals surface area (Å²) in [7, 11) is 0. The smallest absolute Gasteiger partial charge is 0.164 e. The highest BCUT2D eigenvalue weighted by Gasteiger charge is 2.18. The van der Waals surface area contributed by atoms with E-state index in [2.05, 4.69) is 15.9 Å². The van der Waals surface area contributed by atoms with Gasteiger partial charge in [-0.05, 0) is 24.5 Å². The Morgan fingerprint density at radius 2 is 2.08 bits per heavy atom. The molecule has 0 saturated carbocycles. The Labute approximate surface area is 79.9 Å². The summed E-state index contributed by atoms with van der Waals surface area (Å²) in [5.41, 5.74) is 2.10. The van der Waals surface area contributed by atoms with Crippen LogP contribution in [0.2, 0.25) is 0 Å². The van der Waals surface area contributed by atoms with Gasteiger partial charge in [0.1, 0.15) is 0 Å². The lowest BCUT2D eigenvalue weighted by atomic mass is 9.91. The second-order valence-corrected chi connectivity index (χ2v) is 3.91. The Kier molecular flexibility index (Phi) is 2.01. The average Bonchev–Trinajstić information content (AvgIpc) is 2.04. The van der Waals surface area contributed by atoms with E-state index in [4.69, 9.17) is 0 Å². The zero-order valence-electron chi connectivity index (χ0n) is 6.64. The van der Waals surface area contributed by atoms with Crippen LogP contribution >= 0.6 is 15.9 Å². The molecule has 0 heterocycles. The monoisotopic (exact) mass is 224 g/mol. The summed E-state index contributed by atoms with van der Waals surface area (Å²) in [5.74, 6) is 0.281. The summed E-state index contributed by atoms with van der Waals surface area (Å²) in [6, 6.07) is 5.96. The molecule has 0 radical (unpaired) electrons. The molecule has 0 spiro atoms. The third-order valence-electron chi connectivity index (χ3n) is 2.23. The van der Waals surface area contributed by atoms with Crippen molar-refractivity contribution in [1.82, 2.24) is 0 Å². The van der Waals surface area contributed by atoms with E-state index in [0.717, 1.165) is 22.9 Å². The van der Waals surface area contributed by atoms with Crippen LogP contribution in [0.1, 0.15) is 28.8 Å². The first-order chi connectivity index (χ1) is 5.79. The molecule has 1 aliphatic rings. The van der Waals surface area contributed by atoms with Crippen molar-refractivity contribution in [3.63, 3.8) is 0 Å². The van der Waals surface area contributed by atoms with Gasteiger partial charge in [0.15, 0.2) is 5.78 Å². The molecule has 0 aliphatic heterocycles. The number of Topliss-reactive ketones (excluding diaryl/α,β-unsaturated/α-hetero) is 1. The number of carbonyl (C=O) groups excluding carboxylic acids is 1. The normalized spacial score (nSPS) is 15.9. The van der Waals surface area contributed by atoms with Gasteiger partial charge in [0, 0.05) is 16.5 Å². The van der Waals surface area contributed by atoms with Crippen molar-refractivity contribution in [2.75, 3.05) is 0 Å². The standard InChI is InChI=1S/C10H9BrO/c11-8-5-1-3-7-4-2-6-9(12)10(7)8/h1,3,5H,2,4,6H2. The molecule has 0 atom stereocenters. The van der Waals surface area contributed by atoms with Gasteiger partial charge in [0.25, 0.3) is 0 Å². The fourth-order valence-corrected chi connectivity index (χ4v) is 2.28. The van der Waals surface area contributed by atoms with Crippen LogP contribution in [0, 0.1) is 0 Å². The van der Waals surface area contributed by atoms with Crippen LogP contribution in [0.4, 0.5) is 0 Å². The molecule has 62 valence electrons. The van der Waals surface area contributed by atoms with E-state index in [9.17, 15) is 4.79 Å². The molecule has 0 aromatic heterocycles. The molecule has 2 heteroatoms. The number of hydrogen-bond donors (Lipinski definition) is 0. The predicted octanol–water partition coefficient (Wildman–Crippen LogP) is 2.97. The number of halogens is 1. The van der Waals surface area contributed by atoms with Gasteiger partial charge in [-0.1, -0.05) is 28.1 Å². The van der Waals surface area contributed by atoms with Crippen LogP contribution in [-0.4, -0.2) is 5.78 Å². The molecular formula is C10H9BrO. The van der Waals surface area contributed by atoms with E-state index in [1.807, 2.05) is 18.2 Å². The van der Waals surface area contributed by atoms with Crippen LogP contribution in [0.3, 0.4) is 0 Å². The predicted molar refractivity (Wildman–Crippen MR) is 51.4 cm³/mol. The fourth-order valence-electron chi connectivity index (χ4n) is 1.65. The van der Waals surface area contributed by atoms with E-state index in [0.29, 0.717) is 6.42 Å². The summed E-state index contributed by atoms with van der Waals surface area (Å²) in [4.78, 5) is 11.5. The highest BCUT2D eigenvalue weighted by molar-refractivity contribution is 9.10. The lowest BCUT2D eigenvalue weighted by Crippen LogP contribution is -2.11. The van der Waals surface area contributed by atoms with Crippen molar-refractivity contribution in [2.45, 2.75) is 19.3 Å². The largest absolute Gasteiger partial charge is 0.294 e. The van der Waals surface area contributed by atoms with Gasteiger partial charge in [-0.25, -0.2) is 0 Å². The van der Waals surface area contributed by atoms with Crippen molar-refractivity contribution in [1.29, 1.82) is 0 Å². The minimum atomic E-state index is 0.281. The SMILES string of the molecule is O=C1CCCc2cccc(Br)c21. The number of carbonyl (C=O) groups is 1. The lowest BCUT2D eigenvalue weighted by Gasteiger charge is -2.15. The minimum Gasteiger partial charge on any atom is -0.294 e. The van der Waals surface area contributed by atoms with Gasteiger partial charge in [0.2, 0.25) is 0 Å². The van der Waals surface area contributed by atoms with Crippen LogP contribution in [0.15, 0.2) is 22.7 Å². The molecule has 0 N–H and O–H groups in total. The molecular weight excluding hydrogens is 216 g/mol. The van der Waals surface area contributed by atoms with Gasteiger partial charge in [0.05, 0.1) is 0 Å². The summed E-state index contributed by atoms with van der Waals surface area (Å²) in [6.07, 6.45) is 2.75. The Morgan fingerprint density at radius 3 is 2.83 bits per heavy atom. The molecule has 1 nitrogen and oxygen atoms in total. The summed E-state index contributed by atoms with van der Waals surface area (Å²) in [5, 5.41) is 0. The van der Waals surface area contributed by atoms with Crippen molar-refractivity contribution in [2.24, 2.45) is 0 Å². The van der Waals surface area contributed by atoms with Gasteiger partial charge >= 0.3 is 0 Å². The maximum atomic E-state index is 11.5. The Bertz CT molecular complexity index is 331. The number of hydrogen-bond acceptors (Lipinski definition) is 1. The molecule has 0 saturated heterocycles. The third kappa shape index (κ3) is 1.20. The summed E-state index contributed by atoms with van der Waals surface area (Å²) in [6.45, 7) is 0. The van der Waals surface area contributed by atoms with Gasteiger partial charge in [-0.2, -0.15) is 0 Å². The average molecular weight is 225 g/mol. The molecule has 0 unspecified atom stereocenters. The number of benzene rings is 1. The van der Waals surface area contributed by atoms with Gasteiger partial charge in [-0.15, -0.1) is 0 Å². The van der Waals surface area contributed by atoms with Crippen molar-refractivity contribution < 1.29 is 4.79 Å². The zero-order valence-corrected chi connectivity index (χ0v) is 8.23. The third-order valence-corrected chi connectivity index (χ3v) is 2.89. The van der Waals surface area contributed by atoms with Crippen LogP contribution in [0.5, 0.6) is 0 Å². The number of ketones is 1. The fraction of sp³-hybridized carbons (Fsp3) is 0.300. The highest BCUT2D eigenvalue weighted by atomic mass is 79.9. The minimum absolute atomic E-state index is 0.281. The Morgan fingerprint density at radius 1 is 1.25 bits per heavy atom. The van der Waals surface area contributed by atoms with Gasteiger partial charge in [-0.3, -0.25) is 4.79 Å². The zero-order chi connectivity index (χ0) is 8.55. The van der Waals surface area contributed by atoms with E-state index in [1.165, 1.54) is 5.56 Å². The number of fused-ring (bicyclic) bond motifs is 1. The summed E-state index contributed by atoms with van der Waals surface area (Å²) >= 11 is 3.40. The molecule has 0 fully saturated rings. The van der Waals surface area contributed by atoms with Crippen LogP contribution in [0.25, 0.3) is 0 Å². The molecule has 1 aliphatic carbocycles. The van der Waals surface area contributed by atoms with Crippen molar-refractivity contribution in [3.05, 3.63) is 33.8 Å². The maximum Gasteiger partial charge on any atom is 0.164 e. The van der Waals surface area contributed by atoms with E-state index < -0.39 is 0 Å². The topological polar surface area (TPSA) is 17.1 Å². The van der Waals surface area contributed by atoms with E-state index in [1.54, 1.807) is 0 Å². The molecule has 2 rings (SSSR count). The Balaban J connectivity index is 2.60. The molecule has 1 aromatic rings. The lowest BCUT2D eigenvalue weighted by molar-refractivity contribution is 0.0971. The quantitative estimate of drug-likeness (QED) is 0.663. The first kappa shape index (κ1) is 7.99. The van der Waals surface area contributed by atoms with E-state index >= 15 is 0 Å².